The molecule has 140 valence electrons. The van der Waals surface area contributed by atoms with Crippen LogP contribution >= 0.6 is 11.6 Å². The van der Waals surface area contributed by atoms with Gasteiger partial charge < -0.3 is 15.2 Å². The molecule has 2 aromatic carbocycles. The number of carbonyl (C=O) groups is 1. The summed E-state index contributed by atoms with van der Waals surface area (Å²) in [5.41, 5.74) is -1.66. The molecular formula is C18H17ClF3NO3. The Balaban J connectivity index is 2.55. The molecule has 0 saturated carbocycles. The number of alkyl halides is 3. The standard InChI is InChI=1S/C18H17ClF3NO3/c1-2-3-8-23-15-10-11(17(24)25)9-14(18(20,21)22)16(15)26-13-6-4-12(19)5-7-13/h4-7,9-10,23H,2-3,8H2,1H3,(H,24,25). The van der Waals surface area contributed by atoms with Crippen molar-refractivity contribution in [1.82, 2.24) is 0 Å². The molecule has 0 aliphatic carbocycles. The number of aromatic carboxylic acids is 1. The van der Waals surface area contributed by atoms with E-state index in [1.165, 1.54) is 24.3 Å². The highest BCUT2D eigenvalue weighted by atomic mass is 35.5. The number of carboxylic acid groups (broad SMARTS) is 1. The minimum Gasteiger partial charge on any atom is -0.478 e. The first-order valence-electron chi connectivity index (χ1n) is 7.88. The summed E-state index contributed by atoms with van der Waals surface area (Å²) in [6.45, 7) is 2.31. The molecule has 26 heavy (non-hydrogen) atoms. The Morgan fingerprint density at radius 1 is 1.23 bits per heavy atom. The Labute approximate surface area is 153 Å². The van der Waals surface area contributed by atoms with Gasteiger partial charge in [0.25, 0.3) is 0 Å². The summed E-state index contributed by atoms with van der Waals surface area (Å²) in [4.78, 5) is 11.2. The zero-order valence-corrected chi connectivity index (χ0v) is 14.6. The predicted molar refractivity (Wildman–Crippen MR) is 93.3 cm³/mol. The quantitative estimate of drug-likeness (QED) is 0.567. The van der Waals surface area contributed by atoms with E-state index in [-0.39, 0.29) is 11.4 Å². The van der Waals surface area contributed by atoms with E-state index in [0.717, 1.165) is 12.5 Å². The van der Waals surface area contributed by atoms with Crippen LogP contribution in [-0.4, -0.2) is 17.6 Å². The molecule has 0 radical (unpaired) electrons. The van der Waals surface area contributed by atoms with E-state index in [4.69, 9.17) is 21.4 Å². The van der Waals surface area contributed by atoms with Crippen LogP contribution in [0.2, 0.25) is 5.02 Å². The van der Waals surface area contributed by atoms with Crippen molar-refractivity contribution in [3.8, 4) is 11.5 Å². The highest BCUT2D eigenvalue weighted by Gasteiger charge is 2.37. The minimum absolute atomic E-state index is 0.0272. The summed E-state index contributed by atoms with van der Waals surface area (Å²) in [7, 11) is 0. The van der Waals surface area contributed by atoms with Crippen molar-refractivity contribution >= 4 is 23.3 Å². The van der Waals surface area contributed by atoms with E-state index in [0.29, 0.717) is 24.1 Å². The molecule has 4 nitrogen and oxygen atoms in total. The number of ether oxygens (including phenoxy) is 1. The molecule has 2 N–H and O–H groups in total. The van der Waals surface area contributed by atoms with Crippen LogP contribution in [0.15, 0.2) is 36.4 Å². The number of rotatable bonds is 7. The lowest BCUT2D eigenvalue weighted by Gasteiger charge is -2.19. The van der Waals surface area contributed by atoms with E-state index in [2.05, 4.69) is 5.32 Å². The molecule has 2 aromatic rings. The summed E-state index contributed by atoms with van der Waals surface area (Å²) in [6.07, 6.45) is -3.25. The average molecular weight is 388 g/mol. The number of anilines is 1. The van der Waals surface area contributed by atoms with Crippen LogP contribution in [0, 0.1) is 0 Å². The van der Waals surface area contributed by atoms with Gasteiger partial charge in [-0.15, -0.1) is 0 Å². The largest absolute Gasteiger partial charge is 0.478 e. The third-order valence-corrected chi connectivity index (χ3v) is 3.77. The first-order valence-corrected chi connectivity index (χ1v) is 8.26. The van der Waals surface area contributed by atoms with Crippen LogP contribution < -0.4 is 10.1 Å². The number of carboxylic acids is 1. The van der Waals surface area contributed by atoms with Gasteiger partial charge in [-0.25, -0.2) is 4.79 Å². The Kier molecular flexibility index (Phi) is 6.37. The van der Waals surface area contributed by atoms with Crippen LogP contribution in [0.3, 0.4) is 0 Å². The number of benzene rings is 2. The van der Waals surface area contributed by atoms with Crippen LogP contribution in [-0.2, 0) is 6.18 Å². The van der Waals surface area contributed by atoms with E-state index in [1.807, 2.05) is 6.92 Å². The zero-order valence-electron chi connectivity index (χ0n) is 13.9. The summed E-state index contributed by atoms with van der Waals surface area (Å²) >= 11 is 5.78. The lowest BCUT2D eigenvalue weighted by atomic mass is 10.1. The van der Waals surface area contributed by atoms with Crippen molar-refractivity contribution in [2.45, 2.75) is 25.9 Å². The second-order valence-electron chi connectivity index (χ2n) is 5.54. The Morgan fingerprint density at radius 3 is 2.42 bits per heavy atom. The lowest BCUT2D eigenvalue weighted by molar-refractivity contribution is -0.138. The van der Waals surface area contributed by atoms with Gasteiger partial charge in [-0.05, 0) is 42.8 Å². The SMILES string of the molecule is CCCCNc1cc(C(=O)O)cc(C(F)(F)F)c1Oc1ccc(Cl)cc1. The molecule has 0 atom stereocenters. The first-order chi connectivity index (χ1) is 12.2. The van der Waals surface area contributed by atoms with E-state index in [9.17, 15) is 18.0 Å². The Bertz CT molecular complexity index is 776. The number of hydrogen-bond donors (Lipinski definition) is 2. The molecule has 0 amide bonds. The normalized spacial score (nSPS) is 11.3. The maximum absolute atomic E-state index is 13.5. The van der Waals surface area contributed by atoms with Crippen LogP contribution in [0.4, 0.5) is 18.9 Å². The van der Waals surface area contributed by atoms with E-state index in [1.54, 1.807) is 0 Å². The fraction of sp³-hybridized carbons (Fsp3) is 0.278. The third-order valence-electron chi connectivity index (χ3n) is 3.52. The summed E-state index contributed by atoms with van der Waals surface area (Å²) in [6, 6.07) is 7.55. The van der Waals surface area contributed by atoms with Gasteiger partial charge in [-0.3, -0.25) is 0 Å². The van der Waals surface area contributed by atoms with Crippen LogP contribution in [0.25, 0.3) is 0 Å². The molecule has 8 heteroatoms. The van der Waals surface area contributed by atoms with E-state index >= 15 is 0 Å². The Morgan fingerprint density at radius 2 is 1.88 bits per heavy atom. The molecule has 0 bridgehead atoms. The number of nitrogens with one attached hydrogen (secondary N) is 1. The molecule has 0 aliphatic heterocycles. The molecule has 0 saturated heterocycles. The van der Waals surface area contributed by atoms with Crippen molar-refractivity contribution in [1.29, 1.82) is 0 Å². The highest BCUT2D eigenvalue weighted by Crippen LogP contribution is 2.43. The summed E-state index contributed by atoms with van der Waals surface area (Å²) < 4.78 is 46.0. The minimum atomic E-state index is -4.78. The maximum Gasteiger partial charge on any atom is 0.420 e. The van der Waals surface area contributed by atoms with Gasteiger partial charge in [-0.1, -0.05) is 24.9 Å². The molecule has 2 rings (SSSR count). The van der Waals surface area contributed by atoms with Crippen molar-refractivity contribution in [3.63, 3.8) is 0 Å². The van der Waals surface area contributed by atoms with Crippen LogP contribution in [0.5, 0.6) is 11.5 Å². The molecule has 0 unspecified atom stereocenters. The predicted octanol–water partition coefficient (Wildman–Crippen LogP) is 6.06. The lowest BCUT2D eigenvalue weighted by Crippen LogP contribution is -2.13. The van der Waals surface area contributed by atoms with Gasteiger partial charge in [0, 0.05) is 11.6 Å². The van der Waals surface area contributed by atoms with Crippen molar-refractivity contribution in [2.24, 2.45) is 0 Å². The average Bonchev–Trinajstić information content (AvgIpc) is 2.57. The fourth-order valence-corrected chi connectivity index (χ4v) is 2.35. The zero-order chi connectivity index (χ0) is 19.3. The smallest absolute Gasteiger partial charge is 0.420 e. The monoisotopic (exact) mass is 387 g/mol. The second kappa shape index (κ2) is 8.31. The maximum atomic E-state index is 13.5. The van der Waals surface area contributed by atoms with E-state index < -0.39 is 29.0 Å². The van der Waals surface area contributed by atoms with Gasteiger partial charge in [0.2, 0.25) is 0 Å². The van der Waals surface area contributed by atoms with Crippen molar-refractivity contribution < 1.29 is 27.8 Å². The van der Waals surface area contributed by atoms with Crippen LogP contribution in [0.1, 0.15) is 35.7 Å². The van der Waals surface area contributed by atoms with Gasteiger partial charge in [0.05, 0.1) is 11.3 Å². The number of halogens is 4. The molecule has 0 aromatic heterocycles. The van der Waals surface area contributed by atoms with Gasteiger partial charge >= 0.3 is 12.1 Å². The highest BCUT2D eigenvalue weighted by molar-refractivity contribution is 6.30. The number of hydrogen-bond acceptors (Lipinski definition) is 3. The van der Waals surface area contributed by atoms with Crippen molar-refractivity contribution in [2.75, 3.05) is 11.9 Å². The molecule has 0 fully saturated rings. The summed E-state index contributed by atoms with van der Waals surface area (Å²) in [5, 5.41) is 12.4. The van der Waals surface area contributed by atoms with Crippen molar-refractivity contribution in [3.05, 3.63) is 52.5 Å². The first kappa shape index (κ1) is 19.9. The molecule has 0 spiro atoms. The number of unbranched alkanes of at least 4 members (excludes halogenated alkanes) is 1. The van der Waals surface area contributed by atoms with Gasteiger partial charge in [0.15, 0.2) is 5.75 Å². The Hall–Kier alpha value is -2.41. The topological polar surface area (TPSA) is 58.6 Å². The fourth-order valence-electron chi connectivity index (χ4n) is 2.22. The second-order valence-corrected chi connectivity index (χ2v) is 5.98. The molecular weight excluding hydrogens is 371 g/mol. The van der Waals surface area contributed by atoms with Gasteiger partial charge in [-0.2, -0.15) is 13.2 Å². The molecule has 0 heterocycles. The summed E-state index contributed by atoms with van der Waals surface area (Å²) in [5.74, 6) is -1.77. The van der Waals surface area contributed by atoms with Gasteiger partial charge in [0.1, 0.15) is 11.3 Å². The molecule has 0 aliphatic rings. The third kappa shape index (κ3) is 5.05.